The summed E-state index contributed by atoms with van der Waals surface area (Å²) >= 11 is 0. The van der Waals surface area contributed by atoms with Crippen molar-refractivity contribution in [2.75, 3.05) is 7.11 Å². The number of hydrogen-bond donors (Lipinski definition) is 2. The minimum atomic E-state index is -0.627. The third kappa shape index (κ3) is 3.57. The molecule has 0 bridgehead atoms. The molecule has 0 saturated carbocycles. The SMILES string of the molecule is CCn1nc(C(=O)NNC(=O)c2cc(C)ccc2OC)c2ccccc2c1=O. The first-order valence-corrected chi connectivity index (χ1v) is 8.71. The molecule has 0 unspecified atom stereocenters. The Hall–Kier alpha value is -3.68. The molecule has 0 saturated heterocycles. The largest absolute Gasteiger partial charge is 0.496 e. The van der Waals surface area contributed by atoms with Crippen LogP contribution in [0, 0.1) is 6.92 Å². The fourth-order valence-corrected chi connectivity index (χ4v) is 2.86. The van der Waals surface area contributed by atoms with Crippen LogP contribution in [0.25, 0.3) is 10.8 Å². The number of rotatable bonds is 4. The highest BCUT2D eigenvalue weighted by molar-refractivity contribution is 6.06. The number of nitrogens with one attached hydrogen (secondary N) is 2. The minimum Gasteiger partial charge on any atom is -0.496 e. The second kappa shape index (κ2) is 7.91. The first-order chi connectivity index (χ1) is 13.5. The molecule has 2 amide bonds. The average Bonchev–Trinajstić information content (AvgIpc) is 2.72. The van der Waals surface area contributed by atoms with E-state index < -0.39 is 11.8 Å². The average molecular weight is 380 g/mol. The normalized spacial score (nSPS) is 10.5. The van der Waals surface area contributed by atoms with Gasteiger partial charge in [-0.25, -0.2) is 4.68 Å². The van der Waals surface area contributed by atoms with Crippen molar-refractivity contribution in [3.8, 4) is 5.75 Å². The Morgan fingerprint density at radius 3 is 2.43 bits per heavy atom. The predicted octanol–water partition coefficient (Wildman–Crippen LogP) is 1.81. The van der Waals surface area contributed by atoms with E-state index in [1.165, 1.54) is 11.8 Å². The smallest absolute Gasteiger partial charge is 0.290 e. The van der Waals surface area contributed by atoms with Crippen LogP contribution in [0.1, 0.15) is 33.3 Å². The van der Waals surface area contributed by atoms with Gasteiger partial charge in [-0.1, -0.05) is 29.8 Å². The van der Waals surface area contributed by atoms with Gasteiger partial charge in [-0.2, -0.15) is 5.10 Å². The van der Waals surface area contributed by atoms with Crippen molar-refractivity contribution in [3.05, 3.63) is 69.6 Å². The highest BCUT2D eigenvalue weighted by Crippen LogP contribution is 2.19. The van der Waals surface area contributed by atoms with Crippen LogP contribution in [0.15, 0.2) is 47.3 Å². The van der Waals surface area contributed by atoms with Crippen LogP contribution in [0.2, 0.25) is 0 Å². The van der Waals surface area contributed by atoms with Crippen LogP contribution < -0.4 is 21.1 Å². The number of fused-ring (bicyclic) bond motifs is 1. The predicted molar refractivity (Wildman–Crippen MR) is 104 cm³/mol. The van der Waals surface area contributed by atoms with Gasteiger partial charge in [-0.3, -0.25) is 25.2 Å². The second-order valence-electron chi connectivity index (χ2n) is 6.13. The lowest BCUT2D eigenvalue weighted by atomic mass is 10.1. The van der Waals surface area contributed by atoms with Crippen molar-refractivity contribution >= 4 is 22.6 Å². The molecule has 0 fully saturated rings. The maximum Gasteiger partial charge on any atom is 0.290 e. The molecule has 2 aromatic carbocycles. The van der Waals surface area contributed by atoms with Crippen LogP contribution in [0.4, 0.5) is 0 Å². The third-order valence-electron chi connectivity index (χ3n) is 4.27. The van der Waals surface area contributed by atoms with E-state index in [9.17, 15) is 14.4 Å². The van der Waals surface area contributed by atoms with Crippen LogP contribution in [-0.2, 0) is 6.54 Å². The number of carbonyl (C=O) groups is 2. The monoisotopic (exact) mass is 380 g/mol. The number of hydrazine groups is 1. The Labute approximate surface area is 161 Å². The number of methoxy groups -OCH3 is 1. The number of nitrogens with zero attached hydrogens (tertiary/aromatic N) is 2. The number of benzene rings is 2. The lowest BCUT2D eigenvalue weighted by Gasteiger charge is -2.12. The van der Waals surface area contributed by atoms with E-state index in [0.29, 0.717) is 28.6 Å². The van der Waals surface area contributed by atoms with E-state index in [4.69, 9.17) is 4.74 Å². The highest BCUT2D eigenvalue weighted by atomic mass is 16.5. The second-order valence-corrected chi connectivity index (χ2v) is 6.13. The fraction of sp³-hybridized carbons (Fsp3) is 0.200. The molecule has 0 aliphatic rings. The number of ether oxygens (including phenoxy) is 1. The van der Waals surface area contributed by atoms with Gasteiger partial charge in [0.2, 0.25) is 0 Å². The molecule has 0 aliphatic heterocycles. The van der Waals surface area contributed by atoms with Gasteiger partial charge in [0.15, 0.2) is 5.69 Å². The molecule has 2 N–H and O–H groups in total. The van der Waals surface area contributed by atoms with Gasteiger partial charge in [0.25, 0.3) is 17.4 Å². The van der Waals surface area contributed by atoms with Crippen molar-refractivity contribution in [2.45, 2.75) is 20.4 Å². The Kier molecular flexibility index (Phi) is 5.39. The molecule has 0 atom stereocenters. The Morgan fingerprint density at radius 2 is 1.75 bits per heavy atom. The van der Waals surface area contributed by atoms with E-state index in [2.05, 4.69) is 16.0 Å². The Balaban J connectivity index is 1.88. The van der Waals surface area contributed by atoms with Gasteiger partial charge in [0.05, 0.1) is 18.1 Å². The van der Waals surface area contributed by atoms with E-state index >= 15 is 0 Å². The van der Waals surface area contributed by atoms with Gasteiger partial charge in [0, 0.05) is 11.9 Å². The van der Waals surface area contributed by atoms with Crippen molar-refractivity contribution in [1.82, 2.24) is 20.6 Å². The van der Waals surface area contributed by atoms with Crippen LogP contribution in [0.3, 0.4) is 0 Å². The van der Waals surface area contributed by atoms with E-state index in [1.54, 1.807) is 43.3 Å². The zero-order valence-corrected chi connectivity index (χ0v) is 15.8. The zero-order valence-electron chi connectivity index (χ0n) is 15.8. The molecular weight excluding hydrogens is 360 g/mol. The molecule has 8 nitrogen and oxygen atoms in total. The van der Waals surface area contributed by atoms with Crippen molar-refractivity contribution < 1.29 is 14.3 Å². The van der Waals surface area contributed by atoms with Crippen molar-refractivity contribution in [1.29, 1.82) is 0 Å². The minimum absolute atomic E-state index is 0.0496. The molecule has 0 radical (unpaired) electrons. The summed E-state index contributed by atoms with van der Waals surface area (Å²) in [6.45, 7) is 3.92. The Morgan fingerprint density at radius 1 is 1.07 bits per heavy atom. The number of aryl methyl sites for hydroxylation is 2. The molecule has 0 spiro atoms. The lowest BCUT2D eigenvalue weighted by Crippen LogP contribution is -2.43. The van der Waals surface area contributed by atoms with Crippen LogP contribution in [0.5, 0.6) is 5.75 Å². The van der Waals surface area contributed by atoms with Gasteiger partial charge in [-0.05, 0) is 32.0 Å². The molecule has 1 heterocycles. The van der Waals surface area contributed by atoms with Crippen molar-refractivity contribution in [2.24, 2.45) is 0 Å². The summed E-state index contributed by atoms with van der Waals surface area (Å²) in [7, 11) is 1.46. The van der Waals surface area contributed by atoms with Gasteiger partial charge >= 0.3 is 0 Å². The number of amides is 2. The number of carbonyl (C=O) groups excluding carboxylic acids is 2. The van der Waals surface area contributed by atoms with Gasteiger partial charge < -0.3 is 4.74 Å². The van der Waals surface area contributed by atoms with Crippen molar-refractivity contribution in [3.63, 3.8) is 0 Å². The molecule has 8 heteroatoms. The van der Waals surface area contributed by atoms with Crippen LogP contribution >= 0.6 is 0 Å². The first kappa shape index (κ1) is 19.1. The third-order valence-corrected chi connectivity index (χ3v) is 4.27. The summed E-state index contributed by atoms with van der Waals surface area (Å²) in [6.07, 6.45) is 0. The van der Waals surface area contributed by atoms with E-state index in [-0.39, 0.29) is 11.3 Å². The zero-order chi connectivity index (χ0) is 20.3. The topological polar surface area (TPSA) is 102 Å². The molecular formula is C20H20N4O4. The Bertz CT molecular complexity index is 1120. The molecule has 1 aromatic heterocycles. The van der Waals surface area contributed by atoms with E-state index in [1.807, 2.05) is 13.0 Å². The number of hydrogen-bond acceptors (Lipinski definition) is 5. The first-order valence-electron chi connectivity index (χ1n) is 8.71. The summed E-state index contributed by atoms with van der Waals surface area (Å²) in [5.41, 5.74) is 5.67. The standard InChI is InChI=1S/C20H20N4O4/c1-4-24-20(27)14-8-6-5-7-13(14)17(23-24)19(26)22-21-18(25)15-11-12(2)9-10-16(15)28-3/h5-11H,4H2,1-3H3,(H,21,25)(H,22,26). The summed E-state index contributed by atoms with van der Waals surface area (Å²) in [5.74, 6) is -0.763. The summed E-state index contributed by atoms with van der Waals surface area (Å²) in [4.78, 5) is 37.5. The summed E-state index contributed by atoms with van der Waals surface area (Å²) in [5, 5.41) is 4.93. The quantitative estimate of drug-likeness (QED) is 0.672. The lowest BCUT2D eigenvalue weighted by molar-refractivity contribution is 0.0842. The maximum atomic E-state index is 12.7. The van der Waals surface area contributed by atoms with Gasteiger partial charge in [-0.15, -0.1) is 0 Å². The molecule has 3 aromatic rings. The number of aromatic nitrogens is 2. The van der Waals surface area contributed by atoms with Gasteiger partial charge in [0.1, 0.15) is 5.75 Å². The molecule has 28 heavy (non-hydrogen) atoms. The molecule has 3 rings (SSSR count). The highest BCUT2D eigenvalue weighted by Gasteiger charge is 2.18. The fourth-order valence-electron chi connectivity index (χ4n) is 2.86. The maximum absolute atomic E-state index is 12.7. The molecule has 144 valence electrons. The summed E-state index contributed by atoms with van der Waals surface area (Å²) in [6, 6.07) is 11.9. The molecule has 0 aliphatic carbocycles. The van der Waals surface area contributed by atoms with E-state index in [0.717, 1.165) is 5.56 Å². The van der Waals surface area contributed by atoms with Crippen LogP contribution in [-0.4, -0.2) is 28.7 Å². The summed E-state index contributed by atoms with van der Waals surface area (Å²) < 4.78 is 6.40.